The van der Waals surface area contributed by atoms with Gasteiger partial charge >= 0.3 is 0 Å². The minimum absolute atomic E-state index is 0.0232. The second kappa shape index (κ2) is 14.6. The Morgan fingerprint density at radius 1 is 0.400 bits per heavy atom. The molecule has 1 saturated carbocycles. The lowest BCUT2D eigenvalue weighted by molar-refractivity contribution is 0.653. The Hall–Kier alpha value is -8.72. The van der Waals surface area contributed by atoms with Crippen molar-refractivity contribution in [3.63, 3.8) is 0 Å². The summed E-state index contributed by atoms with van der Waals surface area (Å²) in [6.07, 6.45) is 15.6. The van der Waals surface area contributed by atoms with Crippen LogP contribution in [0.2, 0.25) is 0 Å². The van der Waals surface area contributed by atoms with Gasteiger partial charge in [0.25, 0.3) is 0 Å². The summed E-state index contributed by atoms with van der Waals surface area (Å²) in [5.41, 5.74) is 18.7. The van der Waals surface area contributed by atoms with Crippen molar-refractivity contribution in [1.82, 2.24) is 0 Å². The number of benzene rings is 11. The van der Waals surface area contributed by atoms with Crippen LogP contribution in [0.25, 0.3) is 77.5 Å². The van der Waals surface area contributed by atoms with E-state index in [-0.39, 0.29) is 10.8 Å². The Labute approximate surface area is 408 Å². The average molecular weight is 891 g/mol. The van der Waals surface area contributed by atoms with Crippen molar-refractivity contribution in [3.05, 3.63) is 270 Å². The maximum atomic E-state index is 2.49. The third-order valence-corrected chi connectivity index (χ3v) is 16.1. The summed E-state index contributed by atoms with van der Waals surface area (Å²) in [7, 11) is 0. The topological polar surface area (TPSA) is 6.48 Å². The molecule has 0 saturated heterocycles. The highest BCUT2D eigenvalue weighted by Gasteiger charge is 2.71. The summed E-state index contributed by atoms with van der Waals surface area (Å²) >= 11 is 0. The van der Waals surface area contributed by atoms with Crippen LogP contribution in [0.3, 0.4) is 0 Å². The molecule has 70 heavy (non-hydrogen) atoms. The largest absolute Gasteiger partial charge is 0.310 e. The normalized spacial score (nSPS) is 18.2. The third-order valence-electron chi connectivity index (χ3n) is 16.1. The van der Waals surface area contributed by atoms with E-state index in [0.29, 0.717) is 0 Å². The smallest absolute Gasteiger partial charge is 0.0540 e. The molecule has 0 aliphatic heterocycles. The van der Waals surface area contributed by atoms with Gasteiger partial charge in [-0.2, -0.15) is 0 Å². The van der Waals surface area contributed by atoms with Gasteiger partial charge in [-0.25, -0.2) is 0 Å². The van der Waals surface area contributed by atoms with E-state index in [0.717, 1.165) is 29.2 Å². The van der Waals surface area contributed by atoms with E-state index >= 15 is 0 Å². The molecule has 0 N–H and O–H groups in total. The van der Waals surface area contributed by atoms with Gasteiger partial charge in [0.15, 0.2) is 0 Å². The van der Waals surface area contributed by atoms with Crippen LogP contribution in [0.4, 0.5) is 28.4 Å². The highest BCUT2D eigenvalue weighted by molar-refractivity contribution is 6.25. The Morgan fingerprint density at radius 2 is 0.957 bits per heavy atom. The Morgan fingerprint density at radius 3 is 1.67 bits per heavy atom. The molecule has 0 bridgehead atoms. The molecule has 4 aliphatic carbocycles. The van der Waals surface area contributed by atoms with Gasteiger partial charge < -0.3 is 9.80 Å². The monoisotopic (exact) mass is 890 g/mol. The molecule has 0 radical (unpaired) electrons. The first-order valence-corrected chi connectivity index (χ1v) is 24.6. The van der Waals surface area contributed by atoms with Crippen LogP contribution in [-0.2, 0) is 5.41 Å². The number of aryl methyl sites for hydroxylation is 1. The number of fused-ring (bicyclic) bond motifs is 1. The molecule has 15 rings (SSSR count). The van der Waals surface area contributed by atoms with Gasteiger partial charge in [0, 0.05) is 44.7 Å². The number of hydrogen-bond acceptors (Lipinski definition) is 2. The van der Waals surface area contributed by atoms with E-state index in [4.69, 9.17) is 0 Å². The standard InChI is InChI=1S/C68H46N2/c1-44-18-32-58-56(45-21-28-54(29-22-45)69(52-14-4-2-5-15-52)62-37-27-49-20-19-47-10-8-11-48-25-33-59(62)65(49)64(47)48)34-35-57(60(58)42-44)46-23-30-55(31-24-46)70(53-16-6-3-7-17-53)63-39-41-67-40-38-51-13-9-12-50-26-36-61(63)68(67,43-67)66(50)51/h2-42H,43H2,1H3. The molecule has 4 aliphatic rings. The SMILES string of the molecule is Cc1ccc2c(-c3ccc(N(c4ccccc4)c4ccc5ccc6cccc7ccc4c5c67)cc3)ccc(-c3ccc(N(C4=C5C=Cc6cccc7c6C56CC6(C=C4)C=C7)c4ccccc4)cc3)c2c1. The fraction of sp³-hybridized carbons (Fsp3) is 0.0588. The van der Waals surface area contributed by atoms with Crippen LogP contribution in [0.5, 0.6) is 0 Å². The molecule has 2 unspecified atom stereocenters. The maximum Gasteiger partial charge on any atom is 0.0540 e. The quantitative estimate of drug-likeness (QED) is 0.140. The summed E-state index contributed by atoms with van der Waals surface area (Å²) in [6, 6.07) is 78.8. The van der Waals surface area contributed by atoms with E-state index in [1.54, 1.807) is 0 Å². The van der Waals surface area contributed by atoms with Crippen molar-refractivity contribution in [2.45, 2.75) is 18.8 Å². The van der Waals surface area contributed by atoms with Crippen molar-refractivity contribution in [3.8, 4) is 22.3 Å². The van der Waals surface area contributed by atoms with Gasteiger partial charge in [0.05, 0.1) is 5.69 Å². The molecular weight excluding hydrogens is 845 g/mol. The van der Waals surface area contributed by atoms with Crippen LogP contribution < -0.4 is 9.80 Å². The van der Waals surface area contributed by atoms with E-state index in [1.165, 1.54) is 105 Å². The minimum Gasteiger partial charge on any atom is -0.310 e. The molecule has 2 atom stereocenters. The molecule has 11 aromatic carbocycles. The molecule has 0 heterocycles. The first kappa shape index (κ1) is 39.3. The summed E-state index contributed by atoms with van der Waals surface area (Å²) in [5.74, 6) is 0. The fourth-order valence-electron chi connectivity index (χ4n) is 12.9. The summed E-state index contributed by atoms with van der Waals surface area (Å²) in [4.78, 5) is 4.89. The number of hydrogen-bond donors (Lipinski definition) is 0. The van der Waals surface area contributed by atoms with Crippen molar-refractivity contribution in [2.75, 3.05) is 9.80 Å². The number of nitrogens with zero attached hydrogens (tertiary/aromatic N) is 2. The molecule has 11 aromatic rings. The number of rotatable bonds is 8. The van der Waals surface area contributed by atoms with Gasteiger partial charge in [0.1, 0.15) is 0 Å². The average Bonchev–Trinajstić information content (AvgIpc) is 4.12. The van der Waals surface area contributed by atoms with E-state index in [2.05, 4.69) is 266 Å². The van der Waals surface area contributed by atoms with Crippen LogP contribution in [0.15, 0.2) is 248 Å². The minimum atomic E-state index is -0.0232. The van der Waals surface area contributed by atoms with Gasteiger partial charge in [-0.3, -0.25) is 0 Å². The van der Waals surface area contributed by atoms with Crippen molar-refractivity contribution in [2.24, 2.45) is 5.41 Å². The Kier molecular flexibility index (Phi) is 8.22. The lowest BCUT2D eigenvalue weighted by atomic mass is 9.68. The maximum absolute atomic E-state index is 2.49. The molecule has 328 valence electrons. The number of para-hydroxylation sites is 2. The molecular formula is C68H46N2. The predicted octanol–water partition coefficient (Wildman–Crippen LogP) is 18.2. The Bertz CT molecular complexity index is 4070. The van der Waals surface area contributed by atoms with Crippen molar-refractivity contribution in [1.29, 1.82) is 0 Å². The van der Waals surface area contributed by atoms with Gasteiger partial charge in [-0.1, -0.05) is 194 Å². The molecule has 2 heteroatoms. The highest BCUT2D eigenvalue weighted by Crippen LogP contribution is 2.76. The fourth-order valence-corrected chi connectivity index (χ4v) is 12.9. The zero-order valence-electron chi connectivity index (χ0n) is 38.8. The van der Waals surface area contributed by atoms with E-state index in [1.807, 2.05) is 0 Å². The zero-order chi connectivity index (χ0) is 46.1. The summed E-state index contributed by atoms with van der Waals surface area (Å²) < 4.78 is 0. The molecule has 0 aromatic heterocycles. The van der Waals surface area contributed by atoms with Crippen LogP contribution in [0.1, 0.15) is 28.7 Å². The third kappa shape index (κ3) is 5.56. The van der Waals surface area contributed by atoms with Crippen LogP contribution >= 0.6 is 0 Å². The lowest BCUT2D eigenvalue weighted by Gasteiger charge is -2.39. The number of allylic oxidation sites excluding steroid dienone is 5. The molecule has 2 nitrogen and oxygen atoms in total. The lowest BCUT2D eigenvalue weighted by Crippen LogP contribution is -2.31. The van der Waals surface area contributed by atoms with Crippen molar-refractivity contribution >= 4 is 83.7 Å². The second-order valence-corrected chi connectivity index (χ2v) is 19.8. The zero-order valence-corrected chi connectivity index (χ0v) is 38.8. The second-order valence-electron chi connectivity index (χ2n) is 19.8. The van der Waals surface area contributed by atoms with Gasteiger partial charge in [0.2, 0.25) is 0 Å². The first-order chi connectivity index (χ1) is 34.5. The van der Waals surface area contributed by atoms with Crippen LogP contribution in [-0.4, -0.2) is 0 Å². The predicted molar refractivity (Wildman–Crippen MR) is 296 cm³/mol. The van der Waals surface area contributed by atoms with Crippen LogP contribution in [0, 0.1) is 12.3 Å². The van der Waals surface area contributed by atoms with Gasteiger partial charge in [-0.05, 0) is 156 Å². The summed E-state index contributed by atoms with van der Waals surface area (Å²) in [6.45, 7) is 2.20. The molecule has 0 amide bonds. The van der Waals surface area contributed by atoms with E-state index in [9.17, 15) is 0 Å². The Balaban J connectivity index is 0.805. The van der Waals surface area contributed by atoms with E-state index < -0.39 is 0 Å². The number of anilines is 5. The molecule has 1 spiro atoms. The molecule has 1 fully saturated rings. The summed E-state index contributed by atoms with van der Waals surface area (Å²) in [5, 5.41) is 10.2. The highest BCUT2D eigenvalue weighted by atomic mass is 15.2. The van der Waals surface area contributed by atoms with Crippen molar-refractivity contribution < 1.29 is 0 Å². The van der Waals surface area contributed by atoms with Gasteiger partial charge in [-0.15, -0.1) is 0 Å². The first-order valence-electron chi connectivity index (χ1n) is 24.6.